The van der Waals surface area contributed by atoms with Crippen molar-refractivity contribution in [2.75, 3.05) is 23.9 Å². The molecule has 0 spiro atoms. The largest absolute Gasteiger partial charge is 0.495 e. The lowest BCUT2D eigenvalue weighted by Gasteiger charge is -2.13. The van der Waals surface area contributed by atoms with Gasteiger partial charge in [-0.2, -0.15) is 5.10 Å². The molecule has 0 aliphatic carbocycles. The van der Waals surface area contributed by atoms with E-state index in [9.17, 15) is 17.6 Å². The van der Waals surface area contributed by atoms with Gasteiger partial charge in [0.2, 0.25) is 0 Å². The number of nitrogens with one attached hydrogen (secondary N) is 1. The number of anilines is 1. The highest BCUT2D eigenvalue weighted by atomic mass is 32.2. The van der Waals surface area contributed by atoms with Crippen LogP contribution in [0.25, 0.3) is 22.3 Å². The van der Waals surface area contributed by atoms with Crippen LogP contribution >= 0.6 is 0 Å². The molecule has 180 valence electrons. The standard InChI is InChI=1S/C25H23FN4O4S/c1-15-23-19(25(31)28-20-5-3-4-6-22(20)34-2)13-21(16-7-9-17(26)10-8-16)27-24(23)30(29-15)18-11-12-35(32,33)14-18/h3-10,13,18H,11-12,14H2,1-2H3,(H,28,31)/t18-/m1/s1. The van der Waals surface area contributed by atoms with E-state index in [0.717, 1.165) is 0 Å². The Balaban J connectivity index is 1.68. The lowest BCUT2D eigenvalue weighted by atomic mass is 10.0. The highest BCUT2D eigenvalue weighted by Gasteiger charge is 2.32. The number of fused-ring (bicyclic) bond motifs is 1. The number of nitrogens with zero attached hydrogens (tertiary/aromatic N) is 3. The summed E-state index contributed by atoms with van der Waals surface area (Å²) in [5, 5.41) is 8.02. The van der Waals surface area contributed by atoms with Crippen LogP contribution in [0, 0.1) is 12.7 Å². The first-order valence-electron chi connectivity index (χ1n) is 11.1. The number of amides is 1. The lowest BCUT2D eigenvalue weighted by molar-refractivity contribution is 0.102. The van der Waals surface area contributed by atoms with Gasteiger partial charge < -0.3 is 10.1 Å². The van der Waals surface area contributed by atoms with E-state index in [0.29, 0.717) is 51.4 Å². The van der Waals surface area contributed by atoms with Crippen molar-refractivity contribution in [3.63, 3.8) is 0 Å². The van der Waals surface area contributed by atoms with Crippen LogP contribution in [0.15, 0.2) is 54.6 Å². The summed E-state index contributed by atoms with van der Waals surface area (Å²) in [7, 11) is -1.65. The number of hydrogen-bond acceptors (Lipinski definition) is 6. The monoisotopic (exact) mass is 494 g/mol. The molecule has 0 saturated carbocycles. The minimum Gasteiger partial charge on any atom is -0.495 e. The minimum atomic E-state index is -3.17. The highest BCUT2D eigenvalue weighted by Crippen LogP contribution is 2.33. The van der Waals surface area contributed by atoms with Crippen molar-refractivity contribution in [2.45, 2.75) is 19.4 Å². The third kappa shape index (κ3) is 4.37. The molecular formula is C25H23FN4O4S. The van der Waals surface area contributed by atoms with Crippen LogP contribution in [0.2, 0.25) is 0 Å². The van der Waals surface area contributed by atoms with E-state index >= 15 is 0 Å². The summed E-state index contributed by atoms with van der Waals surface area (Å²) in [6.45, 7) is 1.77. The maximum Gasteiger partial charge on any atom is 0.256 e. The minimum absolute atomic E-state index is 0.0333. The number of carbonyl (C=O) groups is 1. The molecule has 0 bridgehead atoms. The molecule has 4 aromatic rings. The number of sulfone groups is 1. The molecular weight excluding hydrogens is 471 g/mol. The van der Waals surface area contributed by atoms with Gasteiger partial charge in [-0.05, 0) is 55.8 Å². The molecule has 1 N–H and O–H groups in total. The fourth-order valence-electron chi connectivity index (χ4n) is 4.42. The second-order valence-corrected chi connectivity index (χ2v) is 10.7. The van der Waals surface area contributed by atoms with Crippen molar-refractivity contribution in [2.24, 2.45) is 0 Å². The molecule has 5 rings (SSSR count). The van der Waals surface area contributed by atoms with Crippen LogP contribution in [0.3, 0.4) is 0 Å². The molecule has 1 amide bonds. The Morgan fingerprint density at radius 2 is 1.91 bits per heavy atom. The van der Waals surface area contributed by atoms with E-state index < -0.39 is 15.7 Å². The third-order valence-corrected chi connectivity index (χ3v) is 7.88. The van der Waals surface area contributed by atoms with E-state index in [1.165, 1.54) is 19.2 Å². The Kier molecular flexibility index (Phi) is 5.76. The maximum absolute atomic E-state index is 13.6. The first-order chi connectivity index (χ1) is 16.8. The number of pyridine rings is 1. The number of halogens is 1. The van der Waals surface area contributed by atoms with E-state index in [-0.39, 0.29) is 23.4 Å². The van der Waals surface area contributed by atoms with Crippen LogP contribution in [0.1, 0.15) is 28.5 Å². The van der Waals surface area contributed by atoms with Crippen molar-refractivity contribution in [1.82, 2.24) is 14.8 Å². The SMILES string of the molecule is COc1ccccc1NC(=O)c1cc(-c2ccc(F)cc2)nc2c1c(C)nn2[C@@H]1CCS(=O)(=O)C1. The lowest BCUT2D eigenvalue weighted by Crippen LogP contribution is -2.15. The van der Waals surface area contributed by atoms with Gasteiger partial charge in [-0.1, -0.05) is 12.1 Å². The van der Waals surface area contributed by atoms with Crippen LogP contribution < -0.4 is 10.1 Å². The van der Waals surface area contributed by atoms with Gasteiger partial charge in [0.1, 0.15) is 11.6 Å². The van der Waals surface area contributed by atoms with Crippen molar-refractivity contribution < 1.29 is 22.3 Å². The van der Waals surface area contributed by atoms with Crippen LogP contribution in [-0.2, 0) is 9.84 Å². The fourth-order valence-corrected chi connectivity index (χ4v) is 6.11. The van der Waals surface area contributed by atoms with Crippen molar-refractivity contribution in [3.8, 4) is 17.0 Å². The number of aromatic nitrogens is 3. The Morgan fingerprint density at radius 3 is 2.60 bits per heavy atom. The molecule has 1 aliphatic rings. The summed E-state index contributed by atoms with van der Waals surface area (Å²) in [6.07, 6.45) is 0.420. The van der Waals surface area contributed by atoms with Gasteiger partial charge in [-0.15, -0.1) is 0 Å². The molecule has 1 fully saturated rings. The van der Waals surface area contributed by atoms with Crippen LogP contribution in [0.4, 0.5) is 10.1 Å². The van der Waals surface area contributed by atoms with Gasteiger partial charge in [-0.25, -0.2) is 22.5 Å². The topological polar surface area (TPSA) is 103 Å². The van der Waals surface area contributed by atoms with Gasteiger partial charge in [0.15, 0.2) is 15.5 Å². The van der Waals surface area contributed by atoms with Crippen molar-refractivity contribution >= 4 is 32.5 Å². The zero-order chi connectivity index (χ0) is 24.7. The Labute approximate surface area is 201 Å². The number of aryl methyl sites for hydroxylation is 1. The molecule has 2 aromatic carbocycles. The molecule has 0 unspecified atom stereocenters. The summed E-state index contributed by atoms with van der Waals surface area (Å²) < 4.78 is 44.8. The number of benzene rings is 2. The fraction of sp³-hybridized carbons (Fsp3) is 0.240. The van der Waals surface area contributed by atoms with Gasteiger partial charge in [0.25, 0.3) is 5.91 Å². The molecule has 1 aliphatic heterocycles. The number of rotatable bonds is 5. The van der Waals surface area contributed by atoms with Gasteiger partial charge in [0.05, 0.1) is 52.7 Å². The van der Waals surface area contributed by atoms with Crippen LogP contribution in [-0.4, -0.2) is 47.7 Å². The molecule has 10 heteroatoms. The zero-order valence-electron chi connectivity index (χ0n) is 19.2. The van der Waals surface area contributed by atoms with E-state index in [2.05, 4.69) is 10.4 Å². The first kappa shape index (κ1) is 23.0. The average molecular weight is 495 g/mol. The molecule has 35 heavy (non-hydrogen) atoms. The average Bonchev–Trinajstić information content (AvgIpc) is 3.38. The number of hydrogen-bond donors (Lipinski definition) is 1. The summed E-state index contributed by atoms with van der Waals surface area (Å²) in [4.78, 5) is 18.3. The number of para-hydroxylation sites is 2. The predicted octanol–water partition coefficient (Wildman–Crippen LogP) is 4.17. The Hall–Kier alpha value is -3.79. The molecule has 8 nitrogen and oxygen atoms in total. The molecule has 1 atom stereocenters. The second kappa shape index (κ2) is 8.77. The molecule has 3 heterocycles. The molecule has 0 radical (unpaired) electrons. The van der Waals surface area contributed by atoms with E-state index in [4.69, 9.17) is 9.72 Å². The Morgan fingerprint density at radius 1 is 1.17 bits per heavy atom. The van der Waals surface area contributed by atoms with Crippen molar-refractivity contribution in [3.05, 3.63) is 71.7 Å². The number of methoxy groups -OCH3 is 1. The van der Waals surface area contributed by atoms with Gasteiger partial charge in [0, 0.05) is 5.56 Å². The highest BCUT2D eigenvalue weighted by molar-refractivity contribution is 7.91. The van der Waals surface area contributed by atoms with Gasteiger partial charge in [-0.3, -0.25) is 4.79 Å². The smallest absolute Gasteiger partial charge is 0.256 e. The maximum atomic E-state index is 13.6. The molecule has 2 aromatic heterocycles. The summed E-state index contributed by atoms with van der Waals surface area (Å²) in [5.74, 6) is -0.230. The van der Waals surface area contributed by atoms with Crippen LogP contribution in [0.5, 0.6) is 5.75 Å². The summed E-state index contributed by atoms with van der Waals surface area (Å²) in [5.41, 5.74) is 2.86. The van der Waals surface area contributed by atoms with Gasteiger partial charge >= 0.3 is 0 Å². The van der Waals surface area contributed by atoms with E-state index in [1.807, 2.05) is 0 Å². The zero-order valence-corrected chi connectivity index (χ0v) is 20.0. The number of ether oxygens (including phenoxy) is 1. The first-order valence-corrected chi connectivity index (χ1v) is 12.9. The van der Waals surface area contributed by atoms with E-state index in [1.54, 1.807) is 54.1 Å². The second-order valence-electron chi connectivity index (χ2n) is 8.50. The number of carbonyl (C=O) groups excluding carboxylic acids is 1. The summed E-state index contributed by atoms with van der Waals surface area (Å²) in [6, 6.07) is 14.1. The Bertz CT molecular complexity index is 1550. The quantitative estimate of drug-likeness (QED) is 0.447. The molecule has 1 saturated heterocycles. The third-order valence-electron chi connectivity index (χ3n) is 6.13. The van der Waals surface area contributed by atoms with Crippen molar-refractivity contribution in [1.29, 1.82) is 0 Å². The predicted molar refractivity (Wildman–Crippen MR) is 131 cm³/mol. The normalized spacial score (nSPS) is 16.9. The summed E-state index contributed by atoms with van der Waals surface area (Å²) >= 11 is 0.